The lowest BCUT2D eigenvalue weighted by atomic mass is 9.77. The van der Waals surface area contributed by atoms with Crippen molar-refractivity contribution in [2.75, 3.05) is 13.7 Å². The number of rotatable bonds is 6. The van der Waals surface area contributed by atoms with Crippen molar-refractivity contribution in [3.05, 3.63) is 18.2 Å². The number of nitrogens with one attached hydrogen (secondary N) is 1. The minimum atomic E-state index is -1.19. The van der Waals surface area contributed by atoms with Gasteiger partial charge < -0.3 is 9.30 Å². The first kappa shape index (κ1) is 18.6. The Morgan fingerprint density at radius 3 is 2.62 bits per heavy atom. The third kappa shape index (κ3) is 2.46. The fourth-order valence-corrected chi connectivity index (χ4v) is 4.45. The summed E-state index contributed by atoms with van der Waals surface area (Å²) in [5.74, 6) is -2.39. The Morgan fingerprint density at radius 1 is 1.35 bits per heavy atom. The maximum atomic E-state index is 13.1. The van der Waals surface area contributed by atoms with Gasteiger partial charge in [-0.1, -0.05) is 19.8 Å². The molecule has 8 nitrogen and oxygen atoms in total. The summed E-state index contributed by atoms with van der Waals surface area (Å²) in [5.41, 5.74) is -0.414. The number of ether oxygens (including phenoxy) is 1. The van der Waals surface area contributed by atoms with E-state index in [1.807, 2.05) is 18.5 Å². The van der Waals surface area contributed by atoms with Crippen LogP contribution in [0.2, 0.25) is 0 Å². The van der Waals surface area contributed by atoms with Crippen LogP contribution in [0, 0.1) is 11.8 Å². The molecule has 3 rings (SSSR count). The van der Waals surface area contributed by atoms with Gasteiger partial charge in [-0.2, -0.15) is 0 Å². The SMILES string of the molecule is CCCC[C@]1(C(=O)OC)N[C@@H](c2cncn2C)[C@H]2C(=O)N(CC)C(=O)[C@H]21. The van der Waals surface area contributed by atoms with Gasteiger partial charge in [0.1, 0.15) is 5.54 Å². The Labute approximate surface area is 152 Å². The summed E-state index contributed by atoms with van der Waals surface area (Å²) in [6.45, 7) is 4.10. The second kappa shape index (κ2) is 6.83. The first-order valence-electron chi connectivity index (χ1n) is 9.10. The lowest BCUT2D eigenvalue weighted by Crippen LogP contribution is -2.56. The fraction of sp³-hybridized carbons (Fsp3) is 0.667. The summed E-state index contributed by atoms with van der Waals surface area (Å²) in [6.07, 6.45) is 5.39. The van der Waals surface area contributed by atoms with Crippen LogP contribution in [0.25, 0.3) is 0 Å². The Morgan fingerprint density at radius 2 is 2.08 bits per heavy atom. The lowest BCUT2D eigenvalue weighted by Gasteiger charge is -2.32. The van der Waals surface area contributed by atoms with Crippen LogP contribution in [0.3, 0.4) is 0 Å². The average Bonchev–Trinajstić information content (AvgIpc) is 3.27. The van der Waals surface area contributed by atoms with Gasteiger partial charge in [0.2, 0.25) is 11.8 Å². The molecule has 0 radical (unpaired) electrons. The Bertz CT molecular complexity index is 731. The average molecular weight is 362 g/mol. The molecule has 1 aromatic heterocycles. The standard InChI is InChI=1S/C18H26N4O4/c1-5-7-8-18(17(25)26-4)13-12(15(23)22(6-2)16(13)24)14(20-18)11-9-19-10-21(11)3/h9-10,12-14,20H,5-8H2,1-4H3/t12-,13-,14-,18-/m0/s1. The van der Waals surface area contributed by atoms with Gasteiger partial charge in [0.25, 0.3) is 0 Å². The molecule has 3 heterocycles. The van der Waals surface area contributed by atoms with Crippen molar-refractivity contribution in [1.82, 2.24) is 19.8 Å². The molecule has 0 bridgehead atoms. The van der Waals surface area contributed by atoms with Crippen molar-refractivity contribution < 1.29 is 19.1 Å². The number of imide groups is 1. The summed E-state index contributed by atoms with van der Waals surface area (Å²) >= 11 is 0. The predicted octanol–water partition coefficient (Wildman–Crippen LogP) is 0.788. The number of hydrogen-bond donors (Lipinski definition) is 1. The van der Waals surface area contributed by atoms with Gasteiger partial charge in [-0.3, -0.25) is 24.6 Å². The Balaban J connectivity index is 2.14. The molecular formula is C18H26N4O4. The highest BCUT2D eigenvalue weighted by Crippen LogP contribution is 2.50. The van der Waals surface area contributed by atoms with E-state index < -0.39 is 29.4 Å². The molecule has 8 heteroatoms. The molecular weight excluding hydrogens is 336 g/mol. The first-order valence-corrected chi connectivity index (χ1v) is 9.10. The number of likely N-dealkylation sites (tertiary alicyclic amines) is 1. The zero-order valence-corrected chi connectivity index (χ0v) is 15.7. The maximum absolute atomic E-state index is 13.1. The minimum Gasteiger partial charge on any atom is -0.468 e. The zero-order chi connectivity index (χ0) is 19.1. The van der Waals surface area contributed by atoms with Crippen molar-refractivity contribution >= 4 is 17.8 Å². The number of aryl methyl sites for hydroxylation is 1. The molecule has 0 saturated carbocycles. The number of carbonyl (C=O) groups excluding carboxylic acids is 3. The quantitative estimate of drug-likeness (QED) is 0.594. The van der Waals surface area contributed by atoms with Gasteiger partial charge >= 0.3 is 5.97 Å². The molecule has 2 aliphatic heterocycles. The first-order chi connectivity index (χ1) is 12.4. The normalized spacial score (nSPS) is 30.8. The molecule has 1 N–H and O–H groups in total. The van der Waals surface area contributed by atoms with E-state index in [9.17, 15) is 14.4 Å². The predicted molar refractivity (Wildman–Crippen MR) is 92.7 cm³/mol. The second-order valence-electron chi connectivity index (χ2n) is 7.04. The van der Waals surface area contributed by atoms with E-state index in [1.165, 1.54) is 12.0 Å². The van der Waals surface area contributed by atoms with E-state index in [0.29, 0.717) is 13.0 Å². The molecule has 1 aromatic rings. The van der Waals surface area contributed by atoms with Crippen LogP contribution in [-0.4, -0.2) is 51.4 Å². The van der Waals surface area contributed by atoms with Gasteiger partial charge in [0.05, 0.1) is 37.0 Å². The summed E-state index contributed by atoms with van der Waals surface area (Å²) in [7, 11) is 3.16. The molecule has 142 valence electrons. The Kier molecular flexibility index (Phi) is 4.88. The van der Waals surface area contributed by atoms with Crippen LogP contribution in [0.5, 0.6) is 0 Å². The summed E-state index contributed by atoms with van der Waals surface area (Å²) < 4.78 is 6.90. The van der Waals surface area contributed by atoms with Gasteiger partial charge in [-0.25, -0.2) is 4.98 Å². The molecule has 2 amide bonds. The molecule has 2 fully saturated rings. The molecule has 0 aliphatic carbocycles. The molecule has 2 aliphatic rings. The lowest BCUT2D eigenvalue weighted by molar-refractivity contribution is -0.154. The van der Waals surface area contributed by atoms with E-state index in [0.717, 1.165) is 18.5 Å². The largest absolute Gasteiger partial charge is 0.468 e. The number of imidazole rings is 1. The maximum Gasteiger partial charge on any atom is 0.326 e. The molecule has 0 unspecified atom stereocenters. The van der Waals surface area contributed by atoms with E-state index in [2.05, 4.69) is 10.3 Å². The summed E-state index contributed by atoms with van der Waals surface area (Å²) in [4.78, 5) is 44.3. The van der Waals surface area contributed by atoms with Crippen molar-refractivity contribution in [1.29, 1.82) is 0 Å². The third-order valence-electron chi connectivity index (χ3n) is 5.71. The second-order valence-corrected chi connectivity index (χ2v) is 7.04. The monoisotopic (exact) mass is 362 g/mol. The van der Waals surface area contributed by atoms with Crippen LogP contribution in [0.1, 0.15) is 44.8 Å². The van der Waals surface area contributed by atoms with Crippen LogP contribution in [-0.2, 0) is 26.2 Å². The smallest absolute Gasteiger partial charge is 0.326 e. The number of amides is 2. The van der Waals surface area contributed by atoms with Crippen LogP contribution < -0.4 is 5.32 Å². The van der Waals surface area contributed by atoms with Crippen LogP contribution in [0.4, 0.5) is 0 Å². The molecule has 2 saturated heterocycles. The van der Waals surface area contributed by atoms with E-state index >= 15 is 0 Å². The van der Waals surface area contributed by atoms with E-state index in [1.54, 1.807) is 19.4 Å². The molecule has 26 heavy (non-hydrogen) atoms. The van der Waals surface area contributed by atoms with E-state index in [-0.39, 0.29) is 11.8 Å². The number of esters is 1. The van der Waals surface area contributed by atoms with Gasteiger partial charge in [0.15, 0.2) is 0 Å². The third-order valence-corrected chi connectivity index (χ3v) is 5.71. The number of aromatic nitrogens is 2. The summed E-state index contributed by atoms with van der Waals surface area (Å²) in [6, 6.07) is -0.462. The van der Waals surface area contributed by atoms with Crippen molar-refractivity contribution in [2.45, 2.75) is 44.7 Å². The van der Waals surface area contributed by atoms with Gasteiger partial charge in [0, 0.05) is 19.8 Å². The van der Waals surface area contributed by atoms with Crippen molar-refractivity contribution in [3.8, 4) is 0 Å². The van der Waals surface area contributed by atoms with Crippen LogP contribution in [0.15, 0.2) is 12.5 Å². The zero-order valence-electron chi connectivity index (χ0n) is 15.7. The van der Waals surface area contributed by atoms with Crippen molar-refractivity contribution in [3.63, 3.8) is 0 Å². The number of carbonyl (C=O) groups is 3. The minimum absolute atomic E-state index is 0.233. The van der Waals surface area contributed by atoms with Gasteiger partial charge in [-0.05, 0) is 13.3 Å². The molecule has 0 spiro atoms. The molecule has 4 atom stereocenters. The highest BCUT2D eigenvalue weighted by molar-refractivity contribution is 6.09. The van der Waals surface area contributed by atoms with Gasteiger partial charge in [-0.15, -0.1) is 0 Å². The number of hydrogen-bond acceptors (Lipinski definition) is 6. The highest BCUT2D eigenvalue weighted by atomic mass is 16.5. The van der Waals surface area contributed by atoms with E-state index in [4.69, 9.17) is 4.74 Å². The highest BCUT2D eigenvalue weighted by Gasteiger charge is 2.68. The van der Waals surface area contributed by atoms with Crippen molar-refractivity contribution in [2.24, 2.45) is 18.9 Å². The number of nitrogens with zero attached hydrogens (tertiary/aromatic N) is 3. The van der Waals surface area contributed by atoms with Crippen LogP contribution >= 0.6 is 0 Å². The number of unbranched alkanes of at least 4 members (excludes halogenated alkanes) is 1. The number of methoxy groups -OCH3 is 1. The Hall–Kier alpha value is -2.22. The fourth-order valence-electron chi connectivity index (χ4n) is 4.45. The molecule has 0 aromatic carbocycles. The number of fused-ring (bicyclic) bond motifs is 1. The topological polar surface area (TPSA) is 93.5 Å². The summed E-state index contributed by atoms with van der Waals surface area (Å²) in [5, 5.41) is 3.34.